The fourth-order valence-electron chi connectivity index (χ4n) is 4.91. The summed E-state index contributed by atoms with van der Waals surface area (Å²) in [4.78, 5) is 23.6. The lowest BCUT2D eigenvalue weighted by molar-refractivity contribution is -0.540. The van der Waals surface area contributed by atoms with Gasteiger partial charge in [-0.25, -0.2) is 9.46 Å². The molecule has 0 aromatic carbocycles. The lowest BCUT2D eigenvalue weighted by Gasteiger charge is -2.37. The van der Waals surface area contributed by atoms with E-state index in [2.05, 4.69) is 10.7 Å². The summed E-state index contributed by atoms with van der Waals surface area (Å²) in [6, 6.07) is 0.725. The van der Waals surface area contributed by atoms with E-state index in [1.54, 1.807) is 0 Å². The van der Waals surface area contributed by atoms with E-state index < -0.39 is 51.0 Å². The van der Waals surface area contributed by atoms with Crippen LogP contribution in [0.15, 0.2) is 0 Å². The van der Waals surface area contributed by atoms with Gasteiger partial charge < -0.3 is 32.7 Å². The van der Waals surface area contributed by atoms with Crippen LogP contribution < -0.4 is 0 Å². The SMILES string of the molecule is [B][C@H]1CC(OP(OCCC#N)N(C(C)C)C(C)C)[C@@H](COC(=O)OCC2CC(OC)C(OC)CC2[N+](=O)[O-])O1. The van der Waals surface area contributed by atoms with Gasteiger partial charge in [0.15, 0.2) is 0 Å². The lowest BCUT2D eigenvalue weighted by atomic mass is 9.81. The third kappa shape index (κ3) is 10.1. The van der Waals surface area contributed by atoms with Crippen molar-refractivity contribution in [1.29, 1.82) is 5.26 Å². The predicted octanol–water partition coefficient (Wildman–Crippen LogP) is 3.17. The molecule has 39 heavy (non-hydrogen) atoms. The van der Waals surface area contributed by atoms with E-state index >= 15 is 0 Å². The summed E-state index contributed by atoms with van der Waals surface area (Å²) in [7, 11) is 7.47. The van der Waals surface area contributed by atoms with Crippen LogP contribution in [0, 0.1) is 27.4 Å². The summed E-state index contributed by atoms with van der Waals surface area (Å²) in [6.45, 7) is 7.95. The van der Waals surface area contributed by atoms with Crippen LogP contribution in [-0.2, 0) is 32.7 Å². The highest BCUT2D eigenvalue weighted by Crippen LogP contribution is 2.49. The van der Waals surface area contributed by atoms with Gasteiger partial charge in [-0.2, -0.15) is 5.26 Å². The number of methoxy groups -OCH3 is 2. The molecule has 15 heteroatoms. The molecule has 0 aromatic rings. The highest BCUT2D eigenvalue weighted by molar-refractivity contribution is 7.44. The third-order valence-corrected chi connectivity index (χ3v) is 8.90. The largest absolute Gasteiger partial charge is 0.508 e. The fourth-order valence-corrected chi connectivity index (χ4v) is 6.66. The first-order chi connectivity index (χ1) is 18.5. The minimum absolute atomic E-state index is 0.110. The first-order valence-electron chi connectivity index (χ1n) is 13.2. The van der Waals surface area contributed by atoms with Crippen LogP contribution in [0.5, 0.6) is 0 Å². The van der Waals surface area contributed by atoms with Gasteiger partial charge in [-0.3, -0.25) is 10.1 Å². The van der Waals surface area contributed by atoms with E-state index in [9.17, 15) is 14.9 Å². The maximum absolute atomic E-state index is 12.4. The first-order valence-corrected chi connectivity index (χ1v) is 14.3. The number of carbonyl (C=O) groups is 1. The van der Waals surface area contributed by atoms with E-state index in [-0.39, 0.29) is 55.8 Å². The maximum atomic E-state index is 12.4. The molecule has 0 N–H and O–H groups in total. The standard InChI is InChI=1S/C24H41BN3O10P/c1-15(2)27(16(3)4)39(36-9-7-8-26)38-21-12-23(25)37-22(21)14-35-24(29)34-13-17-10-19(32-5)20(33-6)11-18(17)28(30)31/h15-23H,7,9-14H2,1-6H3/t17?,18?,19?,20?,21?,22-,23-,39?/m1/s1. The fraction of sp³-hybridized carbons (Fsp3) is 0.917. The van der Waals surface area contributed by atoms with E-state index in [4.69, 9.17) is 45.8 Å². The molecule has 6 unspecified atom stereocenters. The number of nitro groups is 1. The third-order valence-electron chi connectivity index (χ3n) is 6.74. The van der Waals surface area contributed by atoms with Crippen LogP contribution in [0.1, 0.15) is 53.4 Å². The molecular formula is C24H41BN3O10P. The summed E-state index contributed by atoms with van der Waals surface area (Å²) in [5.41, 5.74) is 0. The molecule has 1 saturated heterocycles. The second-order valence-electron chi connectivity index (χ2n) is 10.1. The molecule has 0 aromatic heterocycles. The molecule has 1 aliphatic heterocycles. The van der Waals surface area contributed by atoms with Crippen molar-refractivity contribution in [3.8, 4) is 6.07 Å². The molecule has 0 spiro atoms. The van der Waals surface area contributed by atoms with E-state index in [0.717, 1.165) is 0 Å². The Hall–Kier alpha value is -1.59. The summed E-state index contributed by atoms with van der Waals surface area (Å²) in [5.74, 6) is -0.552. The number of carbonyl (C=O) groups excluding carboxylic acids is 1. The number of rotatable bonds is 15. The zero-order valence-electron chi connectivity index (χ0n) is 23.6. The average Bonchev–Trinajstić information content (AvgIpc) is 3.23. The Balaban J connectivity index is 1.96. The molecule has 2 fully saturated rings. The molecule has 2 aliphatic rings. The van der Waals surface area contributed by atoms with Crippen LogP contribution in [0.3, 0.4) is 0 Å². The lowest BCUT2D eigenvalue weighted by Crippen LogP contribution is -2.48. The highest BCUT2D eigenvalue weighted by Gasteiger charge is 2.45. The van der Waals surface area contributed by atoms with Gasteiger partial charge in [-0.1, -0.05) is 0 Å². The molecule has 2 rings (SSSR count). The van der Waals surface area contributed by atoms with Gasteiger partial charge in [-0.15, -0.1) is 0 Å². The van der Waals surface area contributed by atoms with Crippen molar-refractivity contribution in [2.45, 2.75) is 102 Å². The molecule has 13 nitrogen and oxygen atoms in total. The molecule has 8 atom stereocenters. The van der Waals surface area contributed by atoms with Crippen molar-refractivity contribution < 1.29 is 42.4 Å². The van der Waals surface area contributed by atoms with Gasteiger partial charge in [0.05, 0.1) is 43.3 Å². The summed E-state index contributed by atoms with van der Waals surface area (Å²) in [6.07, 6.45) is -1.87. The van der Waals surface area contributed by atoms with Crippen molar-refractivity contribution in [2.24, 2.45) is 5.92 Å². The van der Waals surface area contributed by atoms with Crippen LogP contribution in [0.4, 0.5) is 4.79 Å². The second kappa shape index (κ2) is 16.6. The minimum atomic E-state index is -1.55. The number of nitriles is 1. The zero-order chi connectivity index (χ0) is 29.1. The van der Waals surface area contributed by atoms with Gasteiger partial charge in [0.2, 0.25) is 6.04 Å². The van der Waals surface area contributed by atoms with Crippen molar-refractivity contribution in [1.82, 2.24) is 4.67 Å². The minimum Gasteiger partial charge on any atom is -0.434 e. The van der Waals surface area contributed by atoms with E-state index in [1.807, 2.05) is 27.7 Å². The molecule has 1 heterocycles. The summed E-state index contributed by atoms with van der Waals surface area (Å²) >= 11 is 0. The topological polar surface area (TPSA) is 152 Å². The Morgan fingerprint density at radius 2 is 1.72 bits per heavy atom. The zero-order valence-corrected chi connectivity index (χ0v) is 24.5. The molecule has 1 aliphatic carbocycles. The Kier molecular flexibility index (Phi) is 14.3. The van der Waals surface area contributed by atoms with Crippen molar-refractivity contribution in [2.75, 3.05) is 34.0 Å². The van der Waals surface area contributed by atoms with E-state index in [1.165, 1.54) is 14.2 Å². The first kappa shape index (κ1) is 33.6. The van der Waals surface area contributed by atoms with Gasteiger partial charge in [0.25, 0.3) is 8.53 Å². The second-order valence-corrected chi connectivity index (χ2v) is 11.6. The molecule has 0 amide bonds. The van der Waals surface area contributed by atoms with Gasteiger partial charge in [0.1, 0.15) is 27.2 Å². The number of hydrogen-bond acceptors (Lipinski definition) is 12. The molecule has 220 valence electrons. The Bertz CT molecular complexity index is 812. The Morgan fingerprint density at radius 3 is 2.28 bits per heavy atom. The normalized spacial score (nSPS) is 29.9. The molecular weight excluding hydrogens is 532 g/mol. The monoisotopic (exact) mass is 573 g/mol. The quantitative estimate of drug-likeness (QED) is 0.0707. The predicted molar refractivity (Wildman–Crippen MR) is 142 cm³/mol. The Morgan fingerprint density at radius 1 is 1.10 bits per heavy atom. The Labute approximate surface area is 233 Å². The van der Waals surface area contributed by atoms with Crippen LogP contribution in [-0.4, -0.2) is 106 Å². The average molecular weight is 573 g/mol. The molecule has 0 bridgehead atoms. The highest BCUT2D eigenvalue weighted by atomic mass is 31.2. The van der Waals surface area contributed by atoms with Gasteiger partial charge >= 0.3 is 6.16 Å². The summed E-state index contributed by atoms with van der Waals surface area (Å²) < 4.78 is 41.4. The number of ether oxygens (including phenoxy) is 5. The van der Waals surface area contributed by atoms with Gasteiger partial charge in [-0.05, 0) is 40.5 Å². The molecule has 1 saturated carbocycles. The summed E-state index contributed by atoms with van der Waals surface area (Å²) in [5, 5.41) is 20.5. The van der Waals surface area contributed by atoms with Crippen LogP contribution in [0.25, 0.3) is 0 Å². The van der Waals surface area contributed by atoms with Crippen molar-refractivity contribution in [3.63, 3.8) is 0 Å². The number of hydrogen-bond donors (Lipinski definition) is 0. The van der Waals surface area contributed by atoms with Gasteiger partial charge in [0, 0.05) is 43.7 Å². The van der Waals surface area contributed by atoms with E-state index in [0.29, 0.717) is 12.8 Å². The molecule has 2 radical (unpaired) electrons. The number of nitrogens with zero attached hydrogens (tertiary/aromatic N) is 3. The van der Waals surface area contributed by atoms with Crippen molar-refractivity contribution in [3.05, 3.63) is 10.1 Å². The maximum Gasteiger partial charge on any atom is 0.508 e. The van der Waals surface area contributed by atoms with Crippen molar-refractivity contribution >= 4 is 22.5 Å². The smallest absolute Gasteiger partial charge is 0.434 e. The van der Waals surface area contributed by atoms with Crippen LogP contribution in [0.2, 0.25) is 0 Å². The van der Waals surface area contributed by atoms with Crippen LogP contribution >= 0.6 is 8.53 Å².